The number of hydrogen-bond donors (Lipinski definition) is 1. The molecule has 80 valence electrons. The van der Waals surface area contributed by atoms with Gasteiger partial charge in [0.05, 0.1) is 4.92 Å². The Morgan fingerprint density at radius 2 is 2.33 bits per heavy atom. The number of nitrogen functional groups attached to an aromatic ring is 1. The molecule has 0 atom stereocenters. The van der Waals surface area contributed by atoms with Crippen molar-refractivity contribution in [2.75, 3.05) is 17.7 Å². The highest BCUT2D eigenvalue weighted by molar-refractivity contribution is 5.62. The normalized spacial score (nSPS) is 15.0. The van der Waals surface area contributed by atoms with Crippen LogP contribution in [0.1, 0.15) is 12.8 Å². The Labute approximate surface area is 86.9 Å². The van der Waals surface area contributed by atoms with Crippen LogP contribution in [-0.2, 0) is 0 Å². The summed E-state index contributed by atoms with van der Waals surface area (Å²) in [5.74, 6) is 0.695. The lowest BCUT2D eigenvalue weighted by Crippen LogP contribution is -2.20. The minimum absolute atomic E-state index is 0.136. The quantitative estimate of drug-likeness (QED) is 0.595. The number of anilines is 2. The second-order valence-corrected chi connectivity index (χ2v) is 3.70. The summed E-state index contributed by atoms with van der Waals surface area (Å²) in [5, 5.41) is 10.5. The number of aromatic nitrogens is 1. The summed E-state index contributed by atoms with van der Waals surface area (Å²) < 4.78 is 0. The van der Waals surface area contributed by atoms with Gasteiger partial charge in [0.2, 0.25) is 0 Å². The molecule has 1 aromatic rings. The van der Waals surface area contributed by atoms with E-state index in [0.29, 0.717) is 11.9 Å². The van der Waals surface area contributed by atoms with E-state index in [2.05, 4.69) is 4.98 Å². The lowest BCUT2D eigenvalue weighted by molar-refractivity contribution is -0.384. The number of hydrogen-bond acceptors (Lipinski definition) is 5. The Balaban J connectivity index is 2.28. The van der Waals surface area contributed by atoms with Gasteiger partial charge in [-0.1, -0.05) is 0 Å². The predicted molar refractivity (Wildman–Crippen MR) is 56.7 cm³/mol. The molecule has 1 heterocycles. The minimum Gasteiger partial charge on any atom is -0.393 e. The van der Waals surface area contributed by atoms with E-state index in [0.717, 1.165) is 12.8 Å². The molecule has 0 bridgehead atoms. The van der Waals surface area contributed by atoms with Gasteiger partial charge in [-0.05, 0) is 12.8 Å². The van der Waals surface area contributed by atoms with Gasteiger partial charge in [0.1, 0.15) is 17.7 Å². The fraction of sp³-hybridized carbons (Fsp3) is 0.444. The van der Waals surface area contributed by atoms with Crippen LogP contribution in [0.25, 0.3) is 0 Å². The van der Waals surface area contributed by atoms with Gasteiger partial charge in [-0.2, -0.15) is 0 Å². The van der Waals surface area contributed by atoms with Crippen LogP contribution in [0.5, 0.6) is 0 Å². The molecule has 15 heavy (non-hydrogen) atoms. The Morgan fingerprint density at radius 1 is 1.67 bits per heavy atom. The van der Waals surface area contributed by atoms with Crippen molar-refractivity contribution in [1.82, 2.24) is 4.98 Å². The summed E-state index contributed by atoms with van der Waals surface area (Å²) in [5.41, 5.74) is 5.60. The molecule has 0 aliphatic heterocycles. The van der Waals surface area contributed by atoms with Crippen LogP contribution in [0.3, 0.4) is 0 Å². The van der Waals surface area contributed by atoms with Gasteiger partial charge in [0.25, 0.3) is 0 Å². The molecule has 2 N–H and O–H groups in total. The number of pyridine rings is 1. The lowest BCUT2D eigenvalue weighted by atomic mass is 10.3. The lowest BCUT2D eigenvalue weighted by Gasteiger charge is -2.17. The average molecular weight is 208 g/mol. The maximum Gasteiger partial charge on any atom is 0.310 e. The first-order valence-electron chi connectivity index (χ1n) is 4.72. The summed E-state index contributed by atoms with van der Waals surface area (Å²) >= 11 is 0. The number of nitro groups is 1. The molecule has 1 aromatic heterocycles. The van der Waals surface area contributed by atoms with E-state index in [1.807, 2.05) is 11.9 Å². The number of nitrogens with zero attached hydrogens (tertiary/aromatic N) is 3. The molecule has 0 aromatic carbocycles. The predicted octanol–water partition coefficient (Wildman–Crippen LogP) is 1.17. The molecule has 0 radical (unpaired) electrons. The molecule has 6 nitrogen and oxygen atoms in total. The summed E-state index contributed by atoms with van der Waals surface area (Å²) in [7, 11) is 1.92. The average Bonchev–Trinajstić information content (AvgIpc) is 2.99. The zero-order chi connectivity index (χ0) is 11.0. The van der Waals surface area contributed by atoms with Gasteiger partial charge in [-0.25, -0.2) is 4.98 Å². The molecular weight excluding hydrogens is 196 g/mol. The Bertz CT molecular complexity index is 403. The van der Waals surface area contributed by atoms with Crippen molar-refractivity contribution in [2.24, 2.45) is 0 Å². The van der Waals surface area contributed by atoms with Gasteiger partial charge in [-0.3, -0.25) is 10.1 Å². The van der Waals surface area contributed by atoms with E-state index in [1.165, 1.54) is 6.20 Å². The van der Waals surface area contributed by atoms with Gasteiger partial charge < -0.3 is 10.6 Å². The van der Waals surface area contributed by atoms with Gasteiger partial charge in [0, 0.05) is 19.2 Å². The third-order valence-corrected chi connectivity index (χ3v) is 2.55. The maximum atomic E-state index is 10.5. The van der Waals surface area contributed by atoms with E-state index in [1.54, 1.807) is 6.07 Å². The molecule has 0 spiro atoms. The standard InChI is InChI=1S/C9H12N4O2/c1-12(6-2-3-6)9-4-7(10)8(5-11-9)13(14)15/h4-6H,2-3H2,1H3,(H2,10,11). The van der Waals surface area contributed by atoms with Crippen LogP contribution >= 0.6 is 0 Å². The first kappa shape index (κ1) is 9.70. The first-order valence-corrected chi connectivity index (χ1v) is 4.72. The SMILES string of the molecule is CN(c1cc(N)c([N+](=O)[O-])cn1)C1CC1. The monoisotopic (exact) mass is 208 g/mol. The second-order valence-electron chi connectivity index (χ2n) is 3.70. The molecule has 1 fully saturated rings. The third kappa shape index (κ3) is 1.83. The Kier molecular flexibility index (Phi) is 2.18. The molecule has 0 saturated heterocycles. The van der Waals surface area contributed by atoms with Gasteiger partial charge in [-0.15, -0.1) is 0 Å². The Morgan fingerprint density at radius 3 is 2.80 bits per heavy atom. The van der Waals surface area contributed by atoms with E-state index in [4.69, 9.17) is 5.73 Å². The van der Waals surface area contributed by atoms with Crippen molar-refractivity contribution in [2.45, 2.75) is 18.9 Å². The van der Waals surface area contributed by atoms with Crippen molar-refractivity contribution in [1.29, 1.82) is 0 Å². The van der Waals surface area contributed by atoms with E-state index >= 15 is 0 Å². The summed E-state index contributed by atoms with van der Waals surface area (Å²) in [6, 6.07) is 2.06. The molecule has 2 rings (SSSR count). The maximum absolute atomic E-state index is 10.5. The van der Waals surface area contributed by atoms with Crippen LogP contribution < -0.4 is 10.6 Å². The van der Waals surface area contributed by atoms with Gasteiger partial charge >= 0.3 is 5.69 Å². The van der Waals surface area contributed by atoms with E-state index < -0.39 is 4.92 Å². The van der Waals surface area contributed by atoms with Crippen LogP contribution in [0.4, 0.5) is 17.2 Å². The minimum atomic E-state index is -0.525. The van der Waals surface area contributed by atoms with Crippen molar-refractivity contribution in [3.05, 3.63) is 22.4 Å². The van der Waals surface area contributed by atoms with Crippen molar-refractivity contribution in [3.8, 4) is 0 Å². The van der Waals surface area contributed by atoms with Crippen molar-refractivity contribution in [3.63, 3.8) is 0 Å². The van der Waals surface area contributed by atoms with Crippen LogP contribution in [-0.4, -0.2) is 23.0 Å². The molecule has 1 aliphatic carbocycles. The zero-order valence-electron chi connectivity index (χ0n) is 8.38. The topological polar surface area (TPSA) is 85.3 Å². The molecule has 0 unspecified atom stereocenters. The zero-order valence-corrected chi connectivity index (χ0v) is 8.38. The fourth-order valence-corrected chi connectivity index (χ4v) is 1.45. The third-order valence-electron chi connectivity index (χ3n) is 2.55. The highest BCUT2D eigenvalue weighted by Gasteiger charge is 2.27. The summed E-state index contributed by atoms with van der Waals surface area (Å²) in [6.07, 6.45) is 3.51. The van der Waals surface area contributed by atoms with Crippen molar-refractivity contribution >= 4 is 17.2 Å². The first-order chi connectivity index (χ1) is 7.09. The van der Waals surface area contributed by atoms with Crippen molar-refractivity contribution < 1.29 is 4.92 Å². The Hall–Kier alpha value is -1.85. The highest BCUT2D eigenvalue weighted by atomic mass is 16.6. The summed E-state index contributed by atoms with van der Waals surface area (Å²) in [6.45, 7) is 0. The molecular formula is C9H12N4O2. The second kappa shape index (κ2) is 3.38. The van der Waals surface area contributed by atoms with Crippen LogP contribution in [0, 0.1) is 10.1 Å². The van der Waals surface area contributed by atoms with Crippen LogP contribution in [0.15, 0.2) is 12.3 Å². The van der Waals surface area contributed by atoms with E-state index in [-0.39, 0.29) is 11.4 Å². The highest BCUT2D eigenvalue weighted by Crippen LogP contribution is 2.31. The molecule has 1 aliphatic rings. The number of nitrogens with two attached hydrogens (primary N) is 1. The fourth-order valence-electron chi connectivity index (χ4n) is 1.45. The molecule has 6 heteroatoms. The van der Waals surface area contributed by atoms with Gasteiger partial charge in [0.15, 0.2) is 0 Å². The number of rotatable bonds is 3. The van der Waals surface area contributed by atoms with E-state index in [9.17, 15) is 10.1 Å². The largest absolute Gasteiger partial charge is 0.393 e. The summed E-state index contributed by atoms with van der Waals surface area (Å²) in [4.78, 5) is 16.0. The molecule has 1 saturated carbocycles. The van der Waals surface area contributed by atoms with Crippen LogP contribution in [0.2, 0.25) is 0 Å². The smallest absolute Gasteiger partial charge is 0.310 e. The molecule has 0 amide bonds.